The van der Waals surface area contributed by atoms with E-state index >= 15 is 0 Å². The molecule has 1 N–H and O–H groups in total. The number of thiazole rings is 1. The molecule has 3 rings (SSSR count). The monoisotopic (exact) mass is 335 g/mol. The van der Waals surface area contributed by atoms with Crippen LogP contribution in [-0.2, 0) is 0 Å². The van der Waals surface area contributed by atoms with Crippen molar-refractivity contribution in [3.8, 4) is 0 Å². The number of nitrogens with one attached hydrogen (secondary N) is 1. The Hall–Kier alpha value is -2.61. The number of halogens is 2. The van der Waals surface area contributed by atoms with Crippen molar-refractivity contribution in [2.45, 2.75) is 13.8 Å². The second kappa shape index (κ2) is 5.54. The number of fused-ring (bicyclic) bond motifs is 1. The fourth-order valence-corrected chi connectivity index (χ4v) is 3.05. The van der Waals surface area contributed by atoms with Gasteiger partial charge in [0.25, 0.3) is 11.5 Å². The van der Waals surface area contributed by atoms with Gasteiger partial charge in [0.05, 0.1) is 5.69 Å². The molecule has 2 heterocycles. The molecule has 0 atom stereocenters. The number of hydrogen-bond acceptors (Lipinski definition) is 4. The predicted molar refractivity (Wildman–Crippen MR) is 83.1 cm³/mol. The number of aryl methyl sites for hydroxylation is 2. The van der Waals surface area contributed by atoms with Crippen LogP contribution in [0.25, 0.3) is 4.96 Å². The van der Waals surface area contributed by atoms with Crippen LogP contribution in [0.4, 0.5) is 14.5 Å². The molecule has 0 saturated carbocycles. The molecule has 0 fully saturated rings. The molecule has 1 amide bonds. The fourth-order valence-electron chi connectivity index (χ4n) is 2.15. The highest BCUT2D eigenvalue weighted by Crippen LogP contribution is 2.17. The summed E-state index contributed by atoms with van der Waals surface area (Å²) in [7, 11) is 0. The third kappa shape index (κ3) is 2.61. The standard InChI is InChI=1S/C15H11F2N3O2S/c1-7-6-23-15-18-8(2)12(14(22)20(7)15)19-13(21)9-3-4-10(16)11(17)5-9/h3-6H,1-2H3,(H,19,21). The van der Waals surface area contributed by atoms with E-state index in [1.165, 1.54) is 15.7 Å². The minimum atomic E-state index is -1.13. The van der Waals surface area contributed by atoms with Crippen molar-refractivity contribution in [2.24, 2.45) is 0 Å². The zero-order valence-electron chi connectivity index (χ0n) is 12.2. The van der Waals surface area contributed by atoms with E-state index in [1.54, 1.807) is 19.2 Å². The molecule has 0 bridgehead atoms. The maximum Gasteiger partial charge on any atom is 0.282 e. The number of rotatable bonds is 2. The van der Waals surface area contributed by atoms with Crippen LogP contribution >= 0.6 is 11.3 Å². The van der Waals surface area contributed by atoms with E-state index in [-0.39, 0.29) is 11.3 Å². The molecule has 0 unspecified atom stereocenters. The number of aromatic nitrogens is 2. The second-order valence-electron chi connectivity index (χ2n) is 4.96. The molecule has 1 aromatic carbocycles. The van der Waals surface area contributed by atoms with E-state index in [0.717, 1.165) is 18.2 Å². The van der Waals surface area contributed by atoms with E-state index in [9.17, 15) is 18.4 Å². The Balaban J connectivity index is 2.04. The molecule has 0 saturated heterocycles. The lowest BCUT2D eigenvalue weighted by Gasteiger charge is -2.08. The Morgan fingerprint density at radius 3 is 2.70 bits per heavy atom. The van der Waals surface area contributed by atoms with Gasteiger partial charge in [-0.3, -0.25) is 14.0 Å². The first-order valence-electron chi connectivity index (χ1n) is 6.62. The summed E-state index contributed by atoms with van der Waals surface area (Å²) in [6.07, 6.45) is 0. The third-order valence-corrected chi connectivity index (χ3v) is 4.28. The largest absolute Gasteiger partial charge is 0.316 e. The first-order valence-corrected chi connectivity index (χ1v) is 7.50. The average molecular weight is 335 g/mol. The number of carbonyl (C=O) groups is 1. The number of amides is 1. The zero-order valence-corrected chi connectivity index (χ0v) is 13.0. The summed E-state index contributed by atoms with van der Waals surface area (Å²) < 4.78 is 27.5. The summed E-state index contributed by atoms with van der Waals surface area (Å²) in [4.78, 5) is 29.5. The molecule has 0 aliphatic carbocycles. The summed E-state index contributed by atoms with van der Waals surface area (Å²) in [5.41, 5.74) is 0.564. The van der Waals surface area contributed by atoms with E-state index < -0.39 is 23.1 Å². The van der Waals surface area contributed by atoms with E-state index in [2.05, 4.69) is 10.3 Å². The highest BCUT2D eigenvalue weighted by atomic mass is 32.1. The lowest BCUT2D eigenvalue weighted by atomic mass is 10.2. The molecule has 0 radical (unpaired) electrons. The van der Waals surface area contributed by atoms with Crippen molar-refractivity contribution < 1.29 is 13.6 Å². The van der Waals surface area contributed by atoms with Crippen LogP contribution < -0.4 is 10.9 Å². The van der Waals surface area contributed by atoms with Gasteiger partial charge in [0.2, 0.25) is 0 Å². The molecular weight excluding hydrogens is 324 g/mol. The second-order valence-corrected chi connectivity index (χ2v) is 5.79. The highest BCUT2D eigenvalue weighted by molar-refractivity contribution is 7.15. The van der Waals surface area contributed by atoms with Gasteiger partial charge in [-0.25, -0.2) is 13.8 Å². The van der Waals surface area contributed by atoms with Crippen LogP contribution in [0.5, 0.6) is 0 Å². The SMILES string of the molecule is Cc1nc2scc(C)n2c(=O)c1NC(=O)c1ccc(F)c(F)c1. The smallest absolute Gasteiger partial charge is 0.282 e. The van der Waals surface area contributed by atoms with Gasteiger partial charge in [-0.05, 0) is 32.0 Å². The van der Waals surface area contributed by atoms with Crippen LogP contribution in [0.1, 0.15) is 21.7 Å². The van der Waals surface area contributed by atoms with Gasteiger partial charge in [-0.1, -0.05) is 0 Å². The number of nitrogens with zero attached hydrogens (tertiary/aromatic N) is 2. The number of hydrogen-bond donors (Lipinski definition) is 1. The highest BCUT2D eigenvalue weighted by Gasteiger charge is 2.16. The maximum atomic E-state index is 13.2. The van der Waals surface area contributed by atoms with Gasteiger partial charge < -0.3 is 5.32 Å². The van der Waals surface area contributed by atoms with E-state index in [4.69, 9.17) is 0 Å². The Labute approximate surface area is 133 Å². The quantitative estimate of drug-likeness (QED) is 0.783. The molecule has 2 aromatic heterocycles. The fraction of sp³-hybridized carbons (Fsp3) is 0.133. The molecule has 0 aliphatic rings. The molecule has 8 heteroatoms. The Morgan fingerprint density at radius 2 is 2.00 bits per heavy atom. The van der Waals surface area contributed by atoms with Crippen molar-refractivity contribution in [2.75, 3.05) is 5.32 Å². The van der Waals surface area contributed by atoms with Crippen molar-refractivity contribution in [3.05, 3.63) is 62.5 Å². The summed E-state index contributed by atoms with van der Waals surface area (Å²) in [5, 5.41) is 4.21. The maximum absolute atomic E-state index is 13.2. The zero-order chi connectivity index (χ0) is 16.7. The van der Waals surface area contributed by atoms with Crippen LogP contribution in [0.3, 0.4) is 0 Å². The lowest BCUT2D eigenvalue weighted by Crippen LogP contribution is -2.25. The third-order valence-electron chi connectivity index (χ3n) is 3.34. The lowest BCUT2D eigenvalue weighted by molar-refractivity contribution is 0.102. The van der Waals surface area contributed by atoms with Crippen molar-refractivity contribution >= 4 is 27.9 Å². The van der Waals surface area contributed by atoms with Gasteiger partial charge in [-0.2, -0.15) is 0 Å². The van der Waals surface area contributed by atoms with E-state index in [0.29, 0.717) is 16.3 Å². The predicted octanol–water partition coefficient (Wildman–Crippen LogP) is 2.90. The summed E-state index contributed by atoms with van der Waals surface area (Å²) in [5.74, 6) is -2.89. The molecule has 3 aromatic rings. The van der Waals surface area contributed by atoms with E-state index in [1.807, 2.05) is 0 Å². The Morgan fingerprint density at radius 1 is 1.26 bits per heavy atom. The normalized spacial score (nSPS) is 11.0. The molecular formula is C15H11F2N3O2S. The molecule has 0 spiro atoms. The van der Waals surface area contributed by atoms with Crippen molar-refractivity contribution in [1.29, 1.82) is 0 Å². The van der Waals surface area contributed by atoms with Crippen LogP contribution in [-0.4, -0.2) is 15.3 Å². The number of carbonyl (C=O) groups excluding carboxylic acids is 1. The summed E-state index contributed by atoms with van der Waals surface area (Å²) in [6.45, 7) is 3.35. The Kier molecular flexibility index (Phi) is 3.69. The number of benzene rings is 1. The minimum Gasteiger partial charge on any atom is -0.316 e. The van der Waals surface area contributed by atoms with Crippen molar-refractivity contribution in [1.82, 2.24) is 9.38 Å². The topological polar surface area (TPSA) is 63.5 Å². The Bertz CT molecular complexity index is 994. The van der Waals surface area contributed by atoms with Gasteiger partial charge in [0.1, 0.15) is 5.69 Å². The van der Waals surface area contributed by atoms with Gasteiger partial charge >= 0.3 is 0 Å². The first-order chi connectivity index (χ1) is 10.9. The van der Waals surface area contributed by atoms with Crippen LogP contribution in [0.15, 0.2) is 28.4 Å². The summed E-state index contributed by atoms with van der Waals surface area (Å²) >= 11 is 1.32. The summed E-state index contributed by atoms with van der Waals surface area (Å²) in [6, 6.07) is 2.77. The van der Waals surface area contributed by atoms with Crippen molar-refractivity contribution in [3.63, 3.8) is 0 Å². The van der Waals surface area contributed by atoms with Gasteiger partial charge in [0.15, 0.2) is 16.6 Å². The molecule has 0 aliphatic heterocycles. The molecule has 5 nitrogen and oxygen atoms in total. The number of anilines is 1. The minimum absolute atomic E-state index is 0.0127. The average Bonchev–Trinajstić information content (AvgIpc) is 2.87. The molecule has 23 heavy (non-hydrogen) atoms. The van der Waals surface area contributed by atoms with Gasteiger partial charge in [-0.15, -0.1) is 11.3 Å². The first kappa shape index (κ1) is 15.3. The van der Waals surface area contributed by atoms with Crippen LogP contribution in [0.2, 0.25) is 0 Å². The van der Waals surface area contributed by atoms with Gasteiger partial charge in [0, 0.05) is 16.6 Å². The molecule has 118 valence electrons. The van der Waals surface area contributed by atoms with Crippen LogP contribution in [0, 0.1) is 25.5 Å².